The first-order valence-corrected chi connectivity index (χ1v) is 10.0. The van der Waals surface area contributed by atoms with Gasteiger partial charge in [-0.15, -0.1) is 10.2 Å². The number of methoxy groups -OCH3 is 1. The van der Waals surface area contributed by atoms with E-state index in [1.165, 1.54) is 7.11 Å². The first-order chi connectivity index (χ1) is 15.5. The molecule has 0 amide bonds. The molecule has 0 aliphatic carbocycles. The predicted octanol–water partition coefficient (Wildman–Crippen LogP) is 4.23. The zero-order valence-electron chi connectivity index (χ0n) is 18.3. The molecule has 1 aromatic carbocycles. The summed E-state index contributed by atoms with van der Waals surface area (Å²) in [5, 5.41) is 24.2. The second kappa shape index (κ2) is 7.91. The Morgan fingerprint density at radius 3 is 2.67 bits per heavy atom. The average Bonchev–Trinajstić information content (AvgIpc) is 3.39. The van der Waals surface area contributed by atoms with Crippen LogP contribution in [0.2, 0.25) is 0 Å². The van der Waals surface area contributed by atoms with Crippen molar-refractivity contribution in [3.63, 3.8) is 0 Å². The van der Waals surface area contributed by atoms with E-state index in [-0.39, 0.29) is 17.3 Å². The van der Waals surface area contributed by atoms with E-state index in [9.17, 15) is 18.4 Å². The minimum absolute atomic E-state index is 0.258. The maximum absolute atomic E-state index is 13.3. The average molecular weight is 458 g/mol. The van der Waals surface area contributed by atoms with Crippen LogP contribution in [0.1, 0.15) is 26.8 Å². The van der Waals surface area contributed by atoms with E-state index in [0.717, 1.165) is 11.6 Å². The van der Waals surface area contributed by atoms with Gasteiger partial charge in [-0.2, -0.15) is 23.4 Å². The van der Waals surface area contributed by atoms with Crippen LogP contribution in [-0.2, 0) is 0 Å². The van der Waals surface area contributed by atoms with E-state index in [0.29, 0.717) is 28.7 Å². The molecule has 33 heavy (non-hydrogen) atoms. The van der Waals surface area contributed by atoms with Crippen LogP contribution in [0, 0.1) is 16.7 Å². The maximum Gasteiger partial charge on any atom is 0.410 e. The molecule has 0 aliphatic rings. The van der Waals surface area contributed by atoms with Crippen LogP contribution in [0.25, 0.3) is 27.7 Å². The third-order valence-electron chi connectivity index (χ3n) is 5.29. The Balaban J connectivity index is 1.78. The number of nitrogens with one attached hydrogen (secondary N) is 1. The normalized spacial score (nSPS) is 13.3. The Morgan fingerprint density at radius 1 is 1.24 bits per heavy atom. The second-order valence-corrected chi connectivity index (χ2v) is 8.27. The number of nitrogens with zero attached hydrogens (tertiary/aromatic N) is 7. The molecule has 0 saturated carbocycles. The fraction of sp³-hybridized carbons (Fsp3) is 0.381. The molecule has 0 unspecified atom stereocenters. The Bertz CT molecular complexity index is 1370. The zero-order valence-corrected chi connectivity index (χ0v) is 18.3. The Morgan fingerprint density at radius 2 is 2.00 bits per heavy atom. The van der Waals surface area contributed by atoms with Crippen LogP contribution < -0.4 is 10.1 Å². The van der Waals surface area contributed by atoms with Gasteiger partial charge < -0.3 is 10.1 Å². The van der Waals surface area contributed by atoms with Gasteiger partial charge in [-0.05, 0) is 44.5 Å². The number of anilines is 1. The number of nitriles is 1. The van der Waals surface area contributed by atoms with Crippen LogP contribution >= 0.6 is 0 Å². The van der Waals surface area contributed by atoms with Crippen molar-refractivity contribution < 1.29 is 17.9 Å². The quantitative estimate of drug-likeness (QED) is 0.461. The number of aromatic nitrogens is 6. The third kappa shape index (κ3) is 4.13. The summed E-state index contributed by atoms with van der Waals surface area (Å²) in [6.45, 7) is 4.95. The van der Waals surface area contributed by atoms with Crippen molar-refractivity contribution in [1.29, 1.82) is 5.26 Å². The van der Waals surface area contributed by atoms with Gasteiger partial charge in [0.1, 0.15) is 17.1 Å². The molecule has 0 saturated heterocycles. The van der Waals surface area contributed by atoms with Gasteiger partial charge in [0.15, 0.2) is 0 Å². The summed E-state index contributed by atoms with van der Waals surface area (Å²) in [5.74, 6) is 0.555. The molecule has 0 bridgehead atoms. The molecule has 0 aliphatic heterocycles. The minimum Gasteiger partial charge on any atom is -0.479 e. The first kappa shape index (κ1) is 22.3. The number of hydrogen-bond acceptors (Lipinski definition) is 7. The van der Waals surface area contributed by atoms with Crippen molar-refractivity contribution in [3.8, 4) is 23.1 Å². The van der Waals surface area contributed by atoms with Gasteiger partial charge in [-0.3, -0.25) is 0 Å². The topological polar surface area (TPSA) is 106 Å². The second-order valence-electron chi connectivity index (χ2n) is 8.27. The Hall–Kier alpha value is -3.88. The van der Waals surface area contributed by atoms with Crippen molar-refractivity contribution in [3.05, 3.63) is 30.5 Å². The van der Waals surface area contributed by atoms with Gasteiger partial charge in [0.25, 0.3) is 0 Å². The summed E-state index contributed by atoms with van der Waals surface area (Å²) in [6.07, 6.45) is -2.76. The van der Waals surface area contributed by atoms with Gasteiger partial charge in [0.05, 0.1) is 24.1 Å². The molecule has 3 heterocycles. The summed E-state index contributed by atoms with van der Waals surface area (Å²) in [6, 6.07) is 7.12. The minimum atomic E-state index is -4.46. The van der Waals surface area contributed by atoms with Crippen LogP contribution in [0.15, 0.2) is 30.5 Å². The van der Waals surface area contributed by atoms with Crippen LogP contribution in [0.5, 0.6) is 5.88 Å². The van der Waals surface area contributed by atoms with Crippen LogP contribution in [0.4, 0.5) is 19.1 Å². The summed E-state index contributed by atoms with van der Waals surface area (Å²) in [5.41, 5.74) is 1.85. The summed E-state index contributed by atoms with van der Waals surface area (Å²) in [7, 11) is 1.47. The highest BCUT2D eigenvalue weighted by molar-refractivity contribution is 5.89. The Labute approximate surface area is 186 Å². The highest BCUT2D eigenvalue weighted by atomic mass is 19.4. The van der Waals surface area contributed by atoms with Crippen molar-refractivity contribution >= 4 is 22.5 Å². The molecule has 0 spiro atoms. The van der Waals surface area contributed by atoms with Crippen molar-refractivity contribution in [2.45, 2.75) is 33.0 Å². The van der Waals surface area contributed by atoms with Crippen LogP contribution in [-0.4, -0.2) is 49.4 Å². The van der Waals surface area contributed by atoms with E-state index >= 15 is 0 Å². The number of benzene rings is 1. The van der Waals surface area contributed by atoms with E-state index < -0.39 is 17.6 Å². The fourth-order valence-electron chi connectivity index (χ4n) is 3.31. The largest absolute Gasteiger partial charge is 0.479 e. The maximum atomic E-state index is 13.3. The molecular formula is C21H21F3N8O. The van der Waals surface area contributed by atoms with E-state index in [4.69, 9.17) is 4.74 Å². The number of alkyl halides is 3. The number of halogens is 3. The molecule has 172 valence electrons. The number of rotatable bonds is 6. The van der Waals surface area contributed by atoms with E-state index in [1.54, 1.807) is 48.8 Å². The lowest BCUT2D eigenvalue weighted by Gasteiger charge is -2.16. The van der Waals surface area contributed by atoms with Crippen molar-refractivity contribution in [2.24, 2.45) is 5.41 Å². The molecule has 9 nitrogen and oxygen atoms in total. The smallest absolute Gasteiger partial charge is 0.410 e. The fourth-order valence-corrected chi connectivity index (χ4v) is 3.31. The lowest BCUT2D eigenvalue weighted by molar-refractivity contribution is -0.164. The molecule has 0 radical (unpaired) electrons. The van der Waals surface area contributed by atoms with Gasteiger partial charge in [-0.1, -0.05) is 11.3 Å². The SMILES string of the molecule is COc1nc(NCC(C)(C)C#N)nn2ccc(-c3ccc4nnn([C@H](C)C(F)(F)F)c4c3)c12. The van der Waals surface area contributed by atoms with E-state index in [2.05, 4.69) is 31.8 Å². The Kier molecular flexibility index (Phi) is 5.35. The lowest BCUT2D eigenvalue weighted by atomic mass is 9.96. The molecule has 1 atom stereocenters. The highest BCUT2D eigenvalue weighted by Gasteiger charge is 2.39. The molecule has 12 heteroatoms. The lowest BCUT2D eigenvalue weighted by Crippen LogP contribution is -2.24. The molecular weight excluding hydrogens is 437 g/mol. The molecule has 3 aromatic heterocycles. The standard InChI is InChI=1S/C21H21F3N8O/c1-12(21(22,23)24)32-16-9-13(5-6-15(16)28-30-32)14-7-8-31-17(14)18(33-4)27-19(29-31)26-11-20(2,3)10-25/h5-9,12H,11H2,1-4H3,(H,26,29)/t12-/m1/s1. The first-order valence-electron chi connectivity index (χ1n) is 10.0. The monoisotopic (exact) mass is 458 g/mol. The number of ether oxygens (including phenoxy) is 1. The van der Waals surface area contributed by atoms with Gasteiger partial charge >= 0.3 is 6.18 Å². The third-order valence-corrected chi connectivity index (χ3v) is 5.29. The summed E-state index contributed by atoms with van der Waals surface area (Å²) in [4.78, 5) is 4.39. The van der Waals surface area contributed by atoms with Crippen molar-refractivity contribution in [1.82, 2.24) is 29.6 Å². The van der Waals surface area contributed by atoms with Crippen LogP contribution in [0.3, 0.4) is 0 Å². The van der Waals surface area contributed by atoms with Gasteiger partial charge in [0, 0.05) is 18.3 Å². The predicted molar refractivity (Wildman–Crippen MR) is 115 cm³/mol. The number of hydrogen-bond donors (Lipinski definition) is 1. The molecule has 4 rings (SSSR count). The molecule has 4 aromatic rings. The number of fused-ring (bicyclic) bond motifs is 2. The molecule has 0 fully saturated rings. The zero-order chi connectivity index (χ0) is 24.0. The van der Waals surface area contributed by atoms with Gasteiger partial charge in [-0.25, -0.2) is 9.20 Å². The summed E-state index contributed by atoms with van der Waals surface area (Å²) < 4.78 is 47.7. The van der Waals surface area contributed by atoms with E-state index in [1.807, 2.05) is 0 Å². The summed E-state index contributed by atoms with van der Waals surface area (Å²) >= 11 is 0. The molecule has 1 N–H and O–H groups in total. The van der Waals surface area contributed by atoms with Crippen molar-refractivity contribution in [2.75, 3.05) is 19.0 Å². The van der Waals surface area contributed by atoms with Gasteiger partial charge in [0.2, 0.25) is 11.8 Å². The highest BCUT2D eigenvalue weighted by Crippen LogP contribution is 2.35.